The van der Waals surface area contributed by atoms with Crippen LogP contribution in [0.15, 0.2) is 35.7 Å². The fourth-order valence-corrected chi connectivity index (χ4v) is 3.85. The monoisotopic (exact) mass is 367 g/mol. The van der Waals surface area contributed by atoms with Crippen LogP contribution < -0.4 is 5.32 Å². The first-order valence-corrected chi connectivity index (χ1v) is 9.23. The Labute approximate surface area is 151 Å². The van der Waals surface area contributed by atoms with Crippen molar-refractivity contribution in [3.05, 3.63) is 52.7 Å². The van der Waals surface area contributed by atoms with Crippen molar-refractivity contribution in [2.45, 2.75) is 13.8 Å². The molecule has 0 aliphatic heterocycles. The lowest BCUT2D eigenvalue weighted by atomic mass is 10.1. The first-order chi connectivity index (χ1) is 12.1. The van der Waals surface area contributed by atoms with Gasteiger partial charge in [-0.15, -0.1) is 21.5 Å². The van der Waals surface area contributed by atoms with Crippen LogP contribution in [0.25, 0.3) is 20.9 Å². The zero-order valence-corrected chi connectivity index (χ0v) is 15.1. The van der Waals surface area contributed by atoms with E-state index < -0.39 is 0 Å². The van der Waals surface area contributed by atoms with Gasteiger partial charge in [0.05, 0.1) is 27.3 Å². The van der Waals surface area contributed by atoms with Crippen molar-refractivity contribution in [1.82, 2.24) is 20.2 Å². The molecule has 0 saturated carbocycles. The summed E-state index contributed by atoms with van der Waals surface area (Å²) in [4.78, 5) is 22.5. The fourth-order valence-electron chi connectivity index (χ4n) is 2.31. The topological polar surface area (TPSA) is 80.7 Å². The zero-order valence-electron chi connectivity index (χ0n) is 13.5. The first kappa shape index (κ1) is 15.8. The summed E-state index contributed by atoms with van der Waals surface area (Å²) in [5.41, 5.74) is 3.73. The summed E-state index contributed by atoms with van der Waals surface area (Å²) in [6, 6.07) is 9.22. The van der Waals surface area contributed by atoms with Crippen molar-refractivity contribution in [3.63, 3.8) is 0 Å². The van der Waals surface area contributed by atoms with Gasteiger partial charge in [-0.3, -0.25) is 10.1 Å². The van der Waals surface area contributed by atoms with Crippen molar-refractivity contribution in [2.24, 2.45) is 0 Å². The van der Waals surface area contributed by atoms with Crippen LogP contribution in [0.1, 0.15) is 21.7 Å². The number of anilines is 1. The van der Waals surface area contributed by atoms with E-state index in [9.17, 15) is 4.79 Å². The minimum atomic E-state index is -0.240. The molecule has 0 saturated heterocycles. The van der Waals surface area contributed by atoms with Crippen molar-refractivity contribution in [3.8, 4) is 9.88 Å². The van der Waals surface area contributed by atoms with Gasteiger partial charge in [-0.1, -0.05) is 17.4 Å². The Bertz CT molecular complexity index is 1070. The molecular formula is C17H13N5OS2. The van der Waals surface area contributed by atoms with Gasteiger partial charge < -0.3 is 0 Å². The maximum Gasteiger partial charge on any atom is 0.257 e. The van der Waals surface area contributed by atoms with Gasteiger partial charge in [0.2, 0.25) is 5.13 Å². The highest BCUT2D eigenvalue weighted by Gasteiger charge is 2.13. The number of aryl methyl sites for hydroxylation is 2. The van der Waals surface area contributed by atoms with E-state index in [-0.39, 0.29) is 5.91 Å². The van der Waals surface area contributed by atoms with Gasteiger partial charge in [0.15, 0.2) is 5.01 Å². The molecule has 0 spiro atoms. The Morgan fingerprint density at radius 3 is 2.60 bits per heavy atom. The van der Waals surface area contributed by atoms with Crippen molar-refractivity contribution >= 4 is 44.7 Å². The Balaban J connectivity index is 1.58. The minimum Gasteiger partial charge on any atom is -0.296 e. The number of nitrogens with zero attached hydrogens (tertiary/aromatic N) is 4. The molecule has 8 heteroatoms. The molecule has 1 amide bonds. The molecule has 1 aromatic carbocycles. The normalized spacial score (nSPS) is 11.0. The summed E-state index contributed by atoms with van der Waals surface area (Å²) >= 11 is 2.94. The van der Waals surface area contributed by atoms with Gasteiger partial charge in [-0.2, -0.15) is 0 Å². The van der Waals surface area contributed by atoms with Gasteiger partial charge in [0, 0.05) is 5.56 Å². The average molecular weight is 367 g/mol. The molecule has 0 bridgehead atoms. The molecule has 0 radical (unpaired) electrons. The first-order valence-electron chi connectivity index (χ1n) is 7.54. The number of carbonyl (C=O) groups excluding carboxylic acids is 1. The molecule has 25 heavy (non-hydrogen) atoms. The molecule has 6 nitrogen and oxygen atoms in total. The molecule has 4 aromatic rings. The molecule has 1 N–H and O–H groups in total. The number of carbonyl (C=O) groups is 1. The zero-order chi connectivity index (χ0) is 17.4. The van der Waals surface area contributed by atoms with E-state index in [1.54, 1.807) is 29.5 Å². The van der Waals surface area contributed by atoms with Crippen LogP contribution in [0.2, 0.25) is 0 Å². The lowest BCUT2D eigenvalue weighted by Gasteiger charge is -2.05. The van der Waals surface area contributed by atoms with Crippen LogP contribution in [0.5, 0.6) is 0 Å². The average Bonchev–Trinajstić information content (AvgIpc) is 3.26. The number of amides is 1. The van der Waals surface area contributed by atoms with Crippen LogP contribution in [0.3, 0.4) is 0 Å². The van der Waals surface area contributed by atoms with Crippen LogP contribution in [-0.2, 0) is 0 Å². The summed E-state index contributed by atoms with van der Waals surface area (Å²) in [6.07, 6.45) is 0. The van der Waals surface area contributed by atoms with E-state index in [1.807, 2.05) is 31.4 Å². The van der Waals surface area contributed by atoms with E-state index in [2.05, 4.69) is 25.5 Å². The number of nitrogens with one attached hydrogen (secondary N) is 1. The van der Waals surface area contributed by atoms with Crippen molar-refractivity contribution in [2.75, 3.05) is 5.32 Å². The molecule has 4 rings (SSSR count). The van der Waals surface area contributed by atoms with Gasteiger partial charge in [0.1, 0.15) is 0 Å². The van der Waals surface area contributed by atoms with E-state index >= 15 is 0 Å². The molecule has 0 atom stereocenters. The third-order valence-electron chi connectivity index (χ3n) is 3.71. The molecule has 3 aromatic heterocycles. The van der Waals surface area contributed by atoms with E-state index in [4.69, 9.17) is 0 Å². The number of rotatable bonds is 3. The number of hydrogen-bond donors (Lipinski definition) is 1. The van der Waals surface area contributed by atoms with Crippen LogP contribution in [0, 0.1) is 13.8 Å². The van der Waals surface area contributed by atoms with Gasteiger partial charge in [0.25, 0.3) is 5.91 Å². The number of thiophene rings is 1. The Hall–Kier alpha value is -2.71. The summed E-state index contributed by atoms with van der Waals surface area (Å²) < 4.78 is 0. The summed E-state index contributed by atoms with van der Waals surface area (Å²) in [5.74, 6) is -0.240. The van der Waals surface area contributed by atoms with Crippen LogP contribution in [0.4, 0.5) is 5.13 Å². The second kappa shape index (κ2) is 6.30. The smallest absolute Gasteiger partial charge is 0.257 e. The quantitative estimate of drug-likeness (QED) is 0.590. The molecular weight excluding hydrogens is 354 g/mol. The standard InChI is InChI=1S/C17H13N5OS2/c1-9-10(2)19-13-8-11(5-6-12(13)18-9)15(23)20-17-22-21-16(25-17)14-4-3-7-24-14/h3-8H,1-2H3,(H,20,22,23). The van der Waals surface area contributed by atoms with Crippen molar-refractivity contribution < 1.29 is 4.79 Å². The SMILES string of the molecule is Cc1nc2ccc(C(=O)Nc3nnc(-c4cccs4)s3)cc2nc1C. The minimum absolute atomic E-state index is 0.240. The summed E-state index contributed by atoms with van der Waals surface area (Å²) in [7, 11) is 0. The fraction of sp³-hybridized carbons (Fsp3) is 0.118. The van der Waals surface area contributed by atoms with Gasteiger partial charge >= 0.3 is 0 Å². The Kier molecular flexibility index (Phi) is 3.98. The Morgan fingerprint density at radius 2 is 1.84 bits per heavy atom. The predicted molar refractivity (Wildman–Crippen MR) is 100 cm³/mol. The van der Waals surface area contributed by atoms with E-state index in [0.717, 1.165) is 26.8 Å². The third-order valence-corrected chi connectivity index (χ3v) is 5.59. The number of fused-ring (bicyclic) bond motifs is 1. The number of benzene rings is 1. The van der Waals surface area contributed by atoms with Crippen LogP contribution >= 0.6 is 22.7 Å². The highest BCUT2D eigenvalue weighted by molar-refractivity contribution is 7.23. The Morgan fingerprint density at radius 1 is 1.04 bits per heavy atom. The molecule has 0 fully saturated rings. The summed E-state index contributed by atoms with van der Waals surface area (Å²) in [6.45, 7) is 3.82. The third kappa shape index (κ3) is 3.13. The lowest BCUT2D eigenvalue weighted by molar-refractivity contribution is 0.102. The van der Waals surface area contributed by atoms with Gasteiger partial charge in [-0.05, 0) is 43.5 Å². The van der Waals surface area contributed by atoms with E-state index in [1.165, 1.54) is 11.3 Å². The number of aromatic nitrogens is 4. The lowest BCUT2D eigenvalue weighted by Crippen LogP contribution is -2.11. The molecule has 0 aliphatic carbocycles. The highest BCUT2D eigenvalue weighted by Crippen LogP contribution is 2.29. The van der Waals surface area contributed by atoms with E-state index in [0.29, 0.717) is 16.2 Å². The molecule has 3 heterocycles. The van der Waals surface area contributed by atoms with Crippen molar-refractivity contribution in [1.29, 1.82) is 0 Å². The molecule has 0 aliphatic rings. The molecule has 0 unspecified atom stereocenters. The largest absolute Gasteiger partial charge is 0.296 e. The maximum atomic E-state index is 12.5. The number of hydrogen-bond acceptors (Lipinski definition) is 7. The predicted octanol–water partition coefficient (Wildman–Crippen LogP) is 4.08. The molecule has 124 valence electrons. The maximum absolute atomic E-state index is 12.5. The van der Waals surface area contributed by atoms with Crippen LogP contribution in [-0.4, -0.2) is 26.1 Å². The second-order valence-corrected chi connectivity index (χ2v) is 7.37. The van der Waals surface area contributed by atoms with Gasteiger partial charge in [-0.25, -0.2) is 9.97 Å². The highest BCUT2D eigenvalue weighted by atomic mass is 32.1. The summed E-state index contributed by atoms with van der Waals surface area (Å²) in [5, 5.41) is 14.2. The second-order valence-electron chi connectivity index (χ2n) is 5.44.